The highest BCUT2D eigenvalue weighted by molar-refractivity contribution is 5.89. The molecule has 0 aromatic heterocycles. The first-order valence-electron chi connectivity index (χ1n) is 6.92. The molecule has 0 aliphatic carbocycles. The van der Waals surface area contributed by atoms with Gasteiger partial charge in [-0.3, -0.25) is 0 Å². The minimum absolute atomic E-state index is 0.252. The van der Waals surface area contributed by atoms with E-state index < -0.39 is 5.97 Å². The number of nitrogens with zero attached hydrogens (tertiary/aromatic N) is 1. The summed E-state index contributed by atoms with van der Waals surface area (Å²) in [7, 11) is 0. The molecule has 0 aliphatic heterocycles. The number of benzene rings is 1. The largest absolute Gasteiger partial charge is 0.478 e. The summed E-state index contributed by atoms with van der Waals surface area (Å²) < 4.78 is 0. The third kappa shape index (κ3) is 4.75. The van der Waals surface area contributed by atoms with Crippen LogP contribution in [0.4, 0.5) is 0 Å². The van der Waals surface area contributed by atoms with Crippen LogP contribution in [0.2, 0.25) is 0 Å². The van der Waals surface area contributed by atoms with Gasteiger partial charge in [-0.25, -0.2) is 4.79 Å². The molecular weight excluding hydrogens is 238 g/mol. The molecule has 1 unspecified atom stereocenters. The van der Waals surface area contributed by atoms with Crippen molar-refractivity contribution >= 4 is 5.97 Å². The van der Waals surface area contributed by atoms with Gasteiger partial charge in [0.15, 0.2) is 0 Å². The van der Waals surface area contributed by atoms with Gasteiger partial charge in [0, 0.05) is 0 Å². The lowest BCUT2D eigenvalue weighted by Gasteiger charge is -2.12. The zero-order valence-corrected chi connectivity index (χ0v) is 11.4. The second kappa shape index (κ2) is 8.31. The monoisotopic (exact) mass is 259 g/mol. The van der Waals surface area contributed by atoms with Crippen molar-refractivity contribution < 1.29 is 9.90 Å². The number of carboxylic acids is 1. The van der Waals surface area contributed by atoms with Gasteiger partial charge in [0.1, 0.15) is 0 Å². The van der Waals surface area contributed by atoms with Crippen molar-refractivity contribution in [2.45, 2.75) is 51.4 Å². The predicted molar refractivity (Wildman–Crippen MR) is 75.1 cm³/mol. The maximum absolute atomic E-state index is 11.1. The van der Waals surface area contributed by atoms with E-state index in [9.17, 15) is 10.1 Å². The van der Waals surface area contributed by atoms with Crippen LogP contribution in [0.25, 0.3) is 0 Å². The summed E-state index contributed by atoms with van der Waals surface area (Å²) in [5.74, 6) is -1.27. The maximum Gasteiger partial charge on any atom is 0.336 e. The SMILES string of the molecule is CCCCCCCC(C#N)c1ccccc1C(=O)O. The number of hydrogen-bond acceptors (Lipinski definition) is 2. The van der Waals surface area contributed by atoms with Crippen molar-refractivity contribution in [3.8, 4) is 6.07 Å². The average molecular weight is 259 g/mol. The lowest BCUT2D eigenvalue weighted by Crippen LogP contribution is -2.06. The van der Waals surface area contributed by atoms with Crippen LogP contribution in [-0.2, 0) is 0 Å². The summed E-state index contributed by atoms with van der Waals surface area (Å²) in [5.41, 5.74) is 0.899. The van der Waals surface area contributed by atoms with Gasteiger partial charge in [0.25, 0.3) is 0 Å². The molecule has 102 valence electrons. The summed E-state index contributed by atoms with van der Waals surface area (Å²) in [5, 5.41) is 18.4. The number of aromatic carboxylic acids is 1. The highest BCUT2D eigenvalue weighted by Crippen LogP contribution is 2.25. The molecule has 0 amide bonds. The van der Waals surface area contributed by atoms with Gasteiger partial charge in [-0.15, -0.1) is 0 Å². The van der Waals surface area contributed by atoms with Gasteiger partial charge in [-0.2, -0.15) is 5.26 Å². The predicted octanol–water partition coefficient (Wildman–Crippen LogP) is 4.35. The Hall–Kier alpha value is -1.82. The lowest BCUT2D eigenvalue weighted by molar-refractivity contribution is 0.0695. The number of hydrogen-bond donors (Lipinski definition) is 1. The van der Waals surface area contributed by atoms with E-state index >= 15 is 0 Å². The van der Waals surface area contributed by atoms with Crippen LogP contribution in [-0.4, -0.2) is 11.1 Å². The van der Waals surface area contributed by atoms with E-state index in [2.05, 4.69) is 13.0 Å². The molecule has 19 heavy (non-hydrogen) atoms. The van der Waals surface area contributed by atoms with E-state index in [0.29, 0.717) is 5.56 Å². The number of nitriles is 1. The molecule has 1 atom stereocenters. The van der Waals surface area contributed by atoms with Gasteiger partial charge >= 0.3 is 5.97 Å². The molecule has 1 N–H and O–H groups in total. The first-order valence-corrected chi connectivity index (χ1v) is 6.92. The summed E-state index contributed by atoms with van der Waals surface area (Å²) in [4.78, 5) is 11.1. The Kier molecular flexibility index (Phi) is 6.67. The Morgan fingerprint density at radius 2 is 1.95 bits per heavy atom. The average Bonchev–Trinajstić information content (AvgIpc) is 2.43. The van der Waals surface area contributed by atoms with Gasteiger partial charge in [-0.1, -0.05) is 57.2 Å². The molecule has 0 bridgehead atoms. The molecule has 0 fully saturated rings. The van der Waals surface area contributed by atoms with E-state index in [1.54, 1.807) is 24.3 Å². The van der Waals surface area contributed by atoms with Crippen LogP contribution in [0.15, 0.2) is 24.3 Å². The van der Waals surface area contributed by atoms with Gasteiger partial charge in [0.05, 0.1) is 17.6 Å². The maximum atomic E-state index is 11.1. The fraction of sp³-hybridized carbons (Fsp3) is 0.500. The second-order valence-electron chi connectivity index (χ2n) is 4.78. The van der Waals surface area contributed by atoms with Crippen LogP contribution in [0.5, 0.6) is 0 Å². The Labute approximate surface area is 114 Å². The van der Waals surface area contributed by atoms with Crippen LogP contribution in [0.1, 0.15) is 67.3 Å². The quantitative estimate of drug-likeness (QED) is 0.706. The van der Waals surface area contributed by atoms with E-state index in [-0.39, 0.29) is 11.5 Å². The zero-order chi connectivity index (χ0) is 14.1. The summed E-state index contributed by atoms with van der Waals surface area (Å²) in [6.07, 6.45) is 6.44. The smallest absolute Gasteiger partial charge is 0.336 e. The molecule has 0 radical (unpaired) electrons. The standard InChI is InChI=1S/C16H21NO2/c1-2-3-4-5-6-9-13(12-17)14-10-7-8-11-15(14)16(18)19/h7-8,10-11,13H,2-6,9H2,1H3,(H,18,19). The minimum atomic E-state index is -0.957. The fourth-order valence-corrected chi connectivity index (χ4v) is 2.24. The number of carboxylic acid groups (broad SMARTS) is 1. The summed E-state index contributed by atoms with van der Waals surface area (Å²) in [6, 6.07) is 9.05. The third-order valence-electron chi connectivity index (χ3n) is 3.32. The Bertz CT molecular complexity index is 448. The van der Waals surface area contributed by atoms with E-state index in [1.807, 2.05) is 0 Å². The molecular formula is C16H21NO2. The van der Waals surface area contributed by atoms with E-state index in [1.165, 1.54) is 19.3 Å². The van der Waals surface area contributed by atoms with Crippen molar-refractivity contribution in [3.05, 3.63) is 35.4 Å². The van der Waals surface area contributed by atoms with Crippen molar-refractivity contribution in [2.24, 2.45) is 0 Å². The number of rotatable bonds is 8. The molecule has 3 heteroatoms. The van der Waals surface area contributed by atoms with Crippen LogP contribution in [0.3, 0.4) is 0 Å². The topological polar surface area (TPSA) is 61.1 Å². The van der Waals surface area contributed by atoms with Crippen LogP contribution in [0, 0.1) is 11.3 Å². The minimum Gasteiger partial charge on any atom is -0.478 e. The fourth-order valence-electron chi connectivity index (χ4n) is 2.24. The zero-order valence-electron chi connectivity index (χ0n) is 11.4. The van der Waals surface area contributed by atoms with Gasteiger partial charge in [-0.05, 0) is 18.1 Å². The highest BCUT2D eigenvalue weighted by Gasteiger charge is 2.17. The molecule has 0 spiro atoms. The third-order valence-corrected chi connectivity index (χ3v) is 3.32. The molecule has 1 aromatic carbocycles. The van der Waals surface area contributed by atoms with Crippen molar-refractivity contribution in [1.82, 2.24) is 0 Å². The molecule has 0 saturated carbocycles. The van der Waals surface area contributed by atoms with E-state index in [0.717, 1.165) is 19.3 Å². The highest BCUT2D eigenvalue weighted by atomic mass is 16.4. The van der Waals surface area contributed by atoms with Gasteiger partial charge < -0.3 is 5.11 Å². The van der Waals surface area contributed by atoms with Gasteiger partial charge in [0.2, 0.25) is 0 Å². The van der Waals surface area contributed by atoms with Crippen molar-refractivity contribution in [2.75, 3.05) is 0 Å². The first-order chi connectivity index (χ1) is 9.20. The summed E-state index contributed by atoms with van der Waals surface area (Å²) >= 11 is 0. The Morgan fingerprint density at radius 1 is 1.26 bits per heavy atom. The Morgan fingerprint density at radius 3 is 2.58 bits per heavy atom. The van der Waals surface area contributed by atoms with E-state index in [4.69, 9.17) is 5.11 Å². The summed E-state index contributed by atoms with van der Waals surface area (Å²) in [6.45, 7) is 2.17. The van der Waals surface area contributed by atoms with Crippen LogP contribution >= 0.6 is 0 Å². The molecule has 0 saturated heterocycles. The van der Waals surface area contributed by atoms with Crippen molar-refractivity contribution in [1.29, 1.82) is 5.26 Å². The molecule has 1 rings (SSSR count). The Balaban J connectivity index is 2.65. The molecule has 0 heterocycles. The second-order valence-corrected chi connectivity index (χ2v) is 4.78. The molecule has 3 nitrogen and oxygen atoms in total. The first kappa shape index (κ1) is 15.2. The number of unbranched alkanes of at least 4 members (excludes halogenated alkanes) is 4. The van der Waals surface area contributed by atoms with Crippen molar-refractivity contribution in [3.63, 3.8) is 0 Å². The lowest BCUT2D eigenvalue weighted by atomic mass is 9.90. The van der Waals surface area contributed by atoms with Crippen LogP contribution < -0.4 is 0 Å². The normalized spacial score (nSPS) is 11.8. The molecule has 0 aliphatic rings. The molecule has 1 aromatic rings. The number of carbonyl (C=O) groups is 1.